The van der Waals surface area contributed by atoms with Gasteiger partial charge in [0.05, 0.1) is 22.4 Å². The lowest BCUT2D eigenvalue weighted by atomic mass is 9.93. The number of halogens is 1. The Morgan fingerprint density at radius 3 is 2.40 bits per heavy atom. The molecule has 1 aromatic carbocycles. The van der Waals surface area contributed by atoms with Crippen molar-refractivity contribution in [1.82, 2.24) is 15.3 Å². The summed E-state index contributed by atoms with van der Waals surface area (Å²) < 4.78 is 11.7. The molecule has 10 nitrogen and oxygen atoms in total. The molecule has 0 radical (unpaired) electrons. The fourth-order valence-corrected chi connectivity index (χ4v) is 4.94. The molecule has 42 heavy (non-hydrogen) atoms. The van der Waals surface area contributed by atoms with E-state index in [9.17, 15) is 14.4 Å². The van der Waals surface area contributed by atoms with Gasteiger partial charge in [-0.1, -0.05) is 11.6 Å². The van der Waals surface area contributed by atoms with Crippen LogP contribution in [0.2, 0.25) is 5.02 Å². The summed E-state index contributed by atoms with van der Waals surface area (Å²) in [6, 6.07) is 11.8. The van der Waals surface area contributed by atoms with Gasteiger partial charge in [-0.2, -0.15) is 0 Å². The SMILES string of the molecule is CSc1ccc(C(=O)Nc2cccnc2C(=O)Nc2ccc(Cl)cn2)c(O[C@H]2CC[C@H](NC(=O)OC(C)(C)C)CC2)c1. The zero-order valence-electron chi connectivity index (χ0n) is 23.9. The second kappa shape index (κ2) is 13.9. The van der Waals surface area contributed by atoms with Crippen molar-refractivity contribution in [3.05, 3.63) is 71.1 Å². The van der Waals surface area contributed by atoms with Gasteiger partial charge in [0, 0.05) is 23.3 Å². The predicted molar refractivity (Wildman–Crippen MR) is 164 cm³/mol. The highest BCUT2D eigenvalue weighted by Crippen LogP contribution is 2.31. The number of aromatic nitrogens is 2. The molecule has 1 aliphatic carbocycles. The number of nitrogens with zero attached hydrogens (tertiary/aromatic N) is 2. The van der Waals surface area contributed by atoms with Gasteiger partial charge in [-0.3, -0.25) is 9.59 Å². The molecule has 0 saturated heterocycles. The van der Waals surface area contributed by atoms with Crippen LogP contribution in [0.1, 0.15) is 67.3 Å². The Labute approximate surface area is 254 Å². The van der Waals surface area contributed by atoms with Crippen LogP contribution in [0.4, 0.5) is 16.3 Å². The van der Waals surface area contributed by atoms with Crippen LogP contribution in [0.25, 0.3) is 0 Å². The Hall–Kier alpha value is -3.83. The first kappa shape index (κ1) is 31.1. The van der Waals surface area contributed by atoms with Crippen molar-refractivity contribution in [1.29, 1.82) is 0 Å². The van der Waals surface area contributed by atoms with E-state index >= 15 is 0 Å². The predicted octanol–water partition coefficient (Wildman–Crippen LogP) is 6.57. The molecule has 0 unspecified atom stereocenters. The zero-order valence-corrected chi connectivity index (χ0v) is 25.5. The van der Waals surface area contributed by atoms with Crippen molar-refractivity contribution in [3.63, 3.8) is 0 Å². The van der Waals surface area contributed by atoms with Crippen LogP contribution in [0.15, 0.2) is 59.8 Å². The summed E-state index contributed by atoms with van der Waals surface area (Å²) in [4.78, 5) is 47.8. The molecule has 2 heterocycles. The van der Waals surface area contributed by atoms with E-state index in [4.69, 9.17) is 21.1 Å². The number of carbonyl (C=O) groups is 3. The summed E-state index contributed by atoms with van der Waals surface area (Å²) in [7, 11) is 0. The smallest absolute Gasteiger partial charge is 0.407 e. The quantitative estimate of drug-likeness (QED) is 0.244. The Bertz CT molecular complexity index is 1420. The molecular weight excluding hydrogens is 578 g/mol. The summed E-state index contributed by atoms with van der Waals surface area (Å²) in [5.74, 6) is -0.230. The van der Waals surface area contributed by atoms with Gasteiger partial charge in [0.15, 0.2) is 5.69 Å². The second-order valence-corrected chi connectivity index (χ2v) is 12.1. The van der Waals surface area contributed by atoms with Crippen LogP contribution >= 0.6 is 23.4 Å². The number of amides is 3. The minimum Gasteiger partial charge on any atom is -0.490 e. The fourth-order valence-electron chi connectivity index (χ4n) is 4.40. The number of rotatable bonds is 8. The van der Waals surface area contributed by atoms with Gasteiger partial charge in [-0.05, 0) is 95.2 Å². The van der Waals surface area contributed by atoms with Crippen LogP contribution in [-0.4, -0.2) is 51.9 Å². The number of nitrogens with one attached hydrogen (secondary N) is 3. The number of carbonyl (C=O) groups excluding carboxylic acids is 3. The molecule has 222 valence electrons. The molecule has 3 N–H and O–H groups in total. The molecule has 3 aromatic rings. The normalized spacial score (nSPS) is 16.7. The minimum atomic E-state index is -0.558. The third-order valence-electron chi connectivity index (χ3n) is 6.36. The van der Waals surface area contributed by atoms with Crippen LogP contribution in [0.3, 0.4) is 0 Å². The fraction of sp³-hybridized carbons (Fsp3) is 0.367. The molecule has 0 aliphatic heterocycles. The molecule has 2 aromatic heterocycles. The molecule has 1 aliphatic rings. The van der Waals surface area contributed by atoms with E-state index in [0.29, 0.717) is 35.0 Å². The lowest BCUT2D eigenvalue weighted by molar-refractivity contribution is 0.0469. The maximum atomic E-state index is 13.5. The Morgan fingerprint density at radius 1 is 0.976 bits per heavy atom. The third kappa shape index (κ3) is 8.83. The summed E-state index contributed by atoms with van der Waals surface area (Å²) >= 11 is 7.42. The highest BCUT2D eigenvalue weighted by Gasteiger charge is 2.27. The third-order valence-corrected chi connectivity index (χ3v) is 7.31. The molecule has 1 fully saturated rings. The Kier molecular flexibility index (Phi) is 10.3. The number of hydrogen-bond acceptors (Lipinski definition) is 8. The first-order valence-electron chi connectivity index (χ1n) is 13.5. The Morgan fingerprint density at radius 2 is 1.74 bits per heavy atom. The molecule has 1 saturated carbocycles. The molecule has 12 heteroatoms. The number of hydrogen-bond donors (Lipinski definition) is 3. The van der Waals surface area contributed by atoms with Crippen molar-refractivity contribution in [3.8, 4) is 5.75 Å². The number of alkyl carbamates (subject to hydrolysis) is 1. The van der Waals surface area contributed by atoms with Crippen LogP contribution in [0, 0.1) is 0 Å². The molecule has 0 atom stereocenters. The maximum absolute atomic E-state index is 13.5. The molecular formula is C30H34ClN5O5S. The van der Waals surface area contributed by atoms with E-state index in [1.165, 1.54) is 24.2 Å². The second-order valence-electron chi connectivity index (χ2n) is 10.8. The van der Waals surface area contributed by atoms with E-state index in [-0.39, 0.29) is 23.5 Å². The average molecular weight is 612 g/mol. The highest BCUT2D eigenvalue weighted by molar-refractivity contribution is 7.98. The van der Waals surface area contributed by atoms with Crippen molar-refractivity contribution in [2.24, 2.45) is 0 Å². The summed E-state index contributed by atoms with van der Waals surface area (Å²) in [6.07, 6.45) is 7.14. The lowest BCUT2D eigenvalue weighted by Gasteiger charge is -2.30. The zero-order chi connectivity index (χ0) is 30.3. The topological polar surface area (TPSA) is 132 Å². The van der Waals surface area contributed by atoms with Gasteiger partial charge in [-0.25, -0.2) is 14.8 Å². The van der Waals surface area contributed by atoms with Gasteiger partial charge < -0.3 is 25.4 Å². The van der Waals surface area contributed by atoms with Crippen LogP contribution in [-0.2, 0) is 4.74 Å². The maximum Gasteiger partial charge on any atom is 0.407 e. The van der Waals surface area contributed by atoms with Gasteiger partial charge in [-0.15, -0.1) is 11.8 Å². The molecule has 3 amide bonds. The lowest BCUT2D eigenvalue weighted by Crippen LogP contribution is -2.42. The minimum absolute atomic E-state index is 0.00165. The number of thioether (sulfide) groups is 1. The van der Waals surface area contributed by atoms with Gasteiger partial charge in [0.1, 0.15) is 17.2 Å². The molecule has 0 bridgehead atoms. The summed E-state index contributed by atoms with van der Waals surface area (Å²) in [5, 5.41) is 8.85. The van der Waals surface area contributed by atoms with E-state index in [1.807, 2.05) is 39.2 Å². The molecule has 4 rings (SSSR count). The largest absolute Gasteiger partial charge is 0.490 e. The highest BCUT2D eigenvalue weighted by atomic mass is 35.5. The first-order valence-corrected chi connectivity index (χ1v) is 15.1. The standard InChI is InChI=1S/C30H34ClN5O5S/c1-30(2,3)41-29(39)34-19-8-10-20(11-9-19)40-24-16-21(42-4)12-13-22(24)27(37)35-23-6-5-15-32-26(23)28(38)36-25-14-7-18(31)17-33-25/h5-7,12-17,19-20H,8-11H2,1-4H3,(H,34,39)(H,35,37)(H,33,36,38)/t19-,20-. The van der Waals surface area contributed by atoms with E-state index < -0.39 is 23.5 Å². The van der Waals surface area contributed by atoms with Crippen molar-refractivity contribution < 1.29 is 23.9 Å². The van der Waals surface area contributed by atoms with Crippen molar-refractivity contribution in [2.45, 2.75) is 69.1 Å². The number of pyridine rings is 2. The summed E-state index contributed by atoms with van der Waals surface area (Å²) in [6.45, 7) is 5.49. The van der Waals surface area contributed by atoms with Gasteiger partial charge >= 0.3 is 6.09 Å². The molecule has 0 spiro atoms. The van der Waals surface area contributed by atoms with E-state index in [2.05, 4.69) is 25.9 Å². The Balaban J connectivity index is 1.43. The van der Waals surface area contributed by atoms with Gasteiger partial charge in [0.25, 0.3) is 11.8 Å². The van der Waals surface area contributed by atoms with Gasteiger partial charge in [0.2, 0.25) is 0 Å². The van der Waals surface area contributed by atoms with Crippen molar-refractivity contribution >= 4 is 52.8 Å². The average Bonchev–Trinajstić information content (AvgIpc) is 2.94. The number of anilines is 2. The van der Waals surface area contributed by atoms with Crippen LogP contribution < -0.4 is 20.7 Å². The van der Waals surface area contributed by atoms with Crippen molar-refractivity contribution in [2.75, 3.05) is 16.9 Å². The summed E-state index contributed by atoms with van der Waals surface area (Å²) in [5.41, 5.74) is 0.0402. The first-order chi connectivity index (χ1) is 20.0. The van der Waals surface area contributed by atoms with Crippen LogP contribution in [0.5, 0.6) is 5.75 Å². The number of ether oxygens (including phenoxy) is 2. The van der Waals surface area contributed by atoms with E-state index in [1.54, 1.807) is 30.3 Å². The number of benzene rings is 1. The monoisotopic (exact) mass is 611 g/mol. The van der Waals surface area contributed by atoms with E-state index in [0.717, 1.165) is 17.7 Å².